The molecule has 2 unspecified atom stereocenters. The van der Waals surface area contributed by atoms with Crippen LogP contribution in [0.4, 0.5) is 0 Å². The van der Waals surface area contributed by atoms with Crippen LogP contribution in [0.1, 0.15) is 13.3 Å². The number of hydrogen-bond acceptors (Lipinski definition) is 1. The third-order valence-corrected chi connectivity index (χ3v) is 1.77. The smallest absolute Gasteiger partial charge is 0.105 e. The molecule has 1 aliphatic carbocycles. The summed E-state index contributed by atoms with van der Waals surface area (Å²) < 4.78 is 5.25. The topological polar surface area (TPSA) is 12.5 Å². The molecule has 0 aromatic heterocycles. The van der Waals surface area contributed by atoms with E-state index in [-0.39, 0.29) is 5.60 Å². The molecule has 0 saturated carbocycles. The zero-order chi connectivity index (χ0) is 4.91. The van der Waals surface area contributed by atoms with E-state index in [2.05, 4.69) is 19.1 Å². The average Bonchev–Trinajstić information content (AvgIpc) is 2.09. The van der Waals surface area contributed by atoms with Gasteiger partial charge in [-0.25, -0.2) is 0 Å². The van der Waals surface area contributed by atoms with Gasteiger partial charge in [-0.3, -0.25) is 0 Å². The first-order valence-electron chi connectivity index (χ1n) is 2.66. The van der Waals surface area contributed by atoms with Crippen molar-refractivity contribution in [2.75, 3.05) is 0 Å². The van der Waals surface area contributed by atoms with Gasteiger partial charge in [0.25, 0.3) is 0 Å². The van der Waals surface area contributed by atoms with Gasteiger partial charge in [-0.15, -0.1) is 0 Å². The van der Waals surface area contributed by atoms with Crippen LogP contribution in [-0.4, -0.2) is 11.7 Å². The third kappa shape index (κ3) is 0.317. The lowest BCUT2D eigenvalue weighted by molar-refractivity contribution is 0.311. The molecule has 0 aromatic carbocycles. The highest BCUT2D eigenvalue weighted by molar-refractivity contribution is 5.20. The quantitative estimate of drug-likeness (QED) is 0.325. The summed E-state index contributed by atoms with van der Waals surface area (Å²) in [5.41, 5.74) is 0.250. The van der Waals surface area contributed by atoms with Crippen LogP contribution in [0.15, 0.2) is 12.2 Å². The van der Waals surface area contributed by atoms with E-state index >= 15 is 0 Å². The van der Waals surface area contributed by atoms with Crippen molar-refractivity contribution < 1.29 is 4.74 Å². The molecule has 1 heteroatoms. The average molecular weight is 96.1 g/mol. The molecular weight excluding hydrogens is 88.1 g/mol. The number of fused-ring (bicyclic) bond motifs is 1. The highest BCUT2D eigenvalue weighted by Gasteiger charge is 2.52. The zero-order valence-electron chi connectivity index (χ0n) is 4.35. The molecular formula is C6H8O. The third-order valence-electron chi connectivity index (χ3n) is 1.77. The highest BCUT2D eigenvalue weighted by Crippen LogP contribution is 2.44. The fourth-order valence-corrected chi connectivity index (χ4v) is 1.09. The van der Waals surface area contributed by atoms with E-state index in [1.807, 2.05) is 0 Å². The van der Waals surface area contributed by atoms with Gasteiger partial charge >= 0.3 is 0 Å². The van der Waals surface area contributed by atoms with Crippen LogP contribution < -0.4 is 0 Å². The minimum atomic E-state index is 0.250. The maximum absolute atomic E-state index is 5.25. The first kappa shape index (κ1) is 3.67. The summed E-state index contributed by atoms with van der Waals surface area (Å²) in [6.07, 6.45) is 5.93. The molecule has 1 aliphatic heterocycles. The van der Waals surface area contributed by atoms with E-state index < -0.39 is 0 Å². The number of rotatable bonds is 0. The van der Waals surface area contributed by atoms with Crippen LogP contribution in [0.5, 0.6) is 0 Å². The van der Waals surface area contributed by atoms with Crippen molar-refractivity contribution in [3.8, 4) is 0 Å². The Morgan fingerprint density at radius 1 is 1.86 bits per heavy atom. The lowest BCUT2D eigenvalue weighted by atomic mass is 10.1. The molecule has 0 aromatic rings. The van der Waals surface area contributed by atoms with Crippen LogP contribution >= 0.6 is 0 Å². The molecule has 1 fully saturated rings. The molecule has 2 rings (SSSR count). The lowest BCUT2D eigenvalue weighted by Gasteiger charge is -1.91. The van der Waals surface area contributed by atoms with E-state index in [1.54, 1.807) is 0 Å². The van der Waals surface area contributed by atoms with Gasteiger partial charge in [0.15, 0.2) is 0 Å². The minimum absolute atomic E-state index is 0.250. The minimum Gasteiger partial charge on any atom is -0.362 e. The summed E-state index contributed by atoms with van der Waals surface area (Å²) in [5.74, 6) is 0. The van der Waals surface area contributed by atoms with E-state index in [0.717, 1.165) is 6.42 Å². The van der Waals surface area contributed by atoms with Crippen LogP contribution in [0, 0.1) is 0 Å². The normalized spacial score (nSPS) is 54.7. The summed E-state index contributed by atoms with van der Waals surface area (Å²) in [5, 5.41) is 0. The molecule has 2 atom stereocenters. The molecule has 0 radical (unpaired) electrons. The van der Waals surface area contributed by atoms with Crippen LogP contribution in [0.25, 0.3) is 0 Å². The molecule has 1 heterocycles. The van der Waals surface area contributed by atoms with Crippen LogP contribution in [0.2, 0.25) is 0 Å². The van der Waals surface area contributed by atoms with E-state index in [0.29, 0.717) is 6.10 Å². The van der Waals surface area contributed by atoms with E-state index in [4.69, 9.17) is 4.74 Å². The Kier molecular flexibility index (Phi) is 0.409. The van der Waals surface area contributed by atoms with Crippen molar-refractivity contribution in [1.29, 1.82) is 0 Å². The standard InChI is InChI=1S/C6H8O/c1-6-4-2-3-5(6)7-6/h2-3,5H,4H2,1H3. The lowest BCUT2D eigenvalue weighted by Crippen LogP contribution is -2.00. The zero-order valence-corrected chi connectivity index (χ0v) is 4.35. The van der Waals surface area contributed by atoms with Crippen molar-refractivity contribution in [3.63, 3.8) is 0 Å². The molecule has 1 saturated heterocycles. The maximum Gasteiger partial charge on any atom is 0.105 e. The Balaban J connectivity index is 2.28. The second kappa shape index (κ2) is 0.781. The summed E-state index contributed by atoms with van der Waals surface area (Å²) in [4.78, 5) is 0. The van der Waals surface area contributed by atoms with Gasteiger partial charge < -0.3 is 4.74 Å². The Bertz CT molecular complexity index is 128. The Labute approximate surface area is 43.0 Å². The van der Waals surface area contributed by atoms with E-state index in [9.17, 15) is 0 Å². The van der Waals surface area contributed by atoms with Crippen molar-refractivity contribution in [3.05, 3.63) is 12.2 Å². The fraction of sp³-hybridized carbons (Fsp3) is 0.667. The number of ether oxygens (including phenoxy) is 1. The largest absolute Gasteiger partial charge is 0.362 e. The number of hydrogen-bond donors (Lipinski definition) is 0. The van der Waals surface area contributed by atoms with Gasteiger partial charge in [0.2, 0.25) is 0 Å². The summed E-state index contributed by atoms with van der Waals surface area (Å²) in [6, 6.07) is 0. The fourth-order valence-electron chi connectivity index (χ4n) is 1.09. The van der Waals surface area contributed by atoms with Gasteiger partial charge in [0, 0.05) is 0 Å². The summed E-state index contributed by atoms with van der Waals surface area (Å²) in [7, 11) is 0. The molecule has 7 heavy (non-hydrogen) atoms. The van der Waals surface area contributed by atoms with Crippen molar-refractivity contribution in [1.82, 2.24) is 0 Å². The molecule has 38 valence electrons. The monoisotopic (exact) mass is 96.1 g/mol. The predicted octanol–water partition coefficient (Wildman–Crippen LogP) is 1.10. The van der Waals surface area contributed by atoms with Gasteiger partial charge in [-0.2, -0.15) is 0 Å². The molecule has 0 N–H and O–H groups in total. The van der Waals surface area contributed by atoms with Gasteiger partial charge in [0.05, 0.1) is 5.60 Å². The van der Waals surface area contributed by atoms with Crippen molar-refractivity contribution in [2.24, 2.45) is 0 Å². The molecule has 0 amide bonds. The SMILES string of the molecule is CC12CC=CC1O2. The van der Waals surface area contributed by atoms with Gasteiger partial charge in [-0.05, 0) is 13.3 Å². The second-order valence-corrected chi connectivity index (χ2v) is 2.48. The first-order valence-corrected chi connectivity index (χ1v) is 2.66. The molecule has 0 bridgehead atoms. The van der Waals surface area contributed by atoms with Crippen molar-refractivity contribution >= 4 is 0 Å². The Hall–Kier alpha value is -0.300. The first-order chi connectivity index (χ1) is 3.31. The van der Waals surface area contributed by atoms with Gasteiger partial charge in [0.1, 0.15) is 6.10 Å². The molecule has 0 spiro atoms. The predicted molar refractivity (Wildman–Crippen MR) is 27.0 cm³/mol. The number of epoxide rings is 1. The molecule has 2 aliphatic rings. The Morgan fingerprint density at radius 3 is 2.86 bits per heavy atom. The Morgan fingerprint density at radius 2 is 2.71 bits per heavy atom. The molecule has 1 nitrogen and oxygen atoms in total. The van der Waals surface area contributed by atoms with E-state index in [1.165, 1.54) is 0 Å². The summed E-state index contributed by atoms with van der Waals surface area (Å²) in [6.45, 7) is 2.15. The van der Waals surface area contributed by atoms with Crippen LogP contribution in [-0.2, 0) is 4.74 Å². The summed E-state index contributed by atoms with van der Waals surface area (Å²) >= 11 is 0. The van der Waals surface area contributed by atoms with Gasteiger partial charge in [-0.1, -0.05) is 12.2 Å². The van der Waals surface area contributed by atoms with Crippen LogP contribution in [0.3, 0.4) is 0 Å². The van der Waals surface area contributed by atoms with Crippen molar-refractivity contribution in [2.45, 2.75) is 25.0 Å². The second-order valence-electron chi connectivity index (χ2n) is 2.48. The maximum atomic E-state index is 5.25. The highest BCUT2D eigenvalue weighted by atomic mass is 16.6.